The Hall–Kier alpha value is -2.23. The quantitative estimate of drug-likeness (QED) is 0.619. The van der Waals surface area contributed by atoms with Crippen LogP contribution in [0.3, 0.4) is 0 Å². The van der Waals surface area contributed by atoms with E-state index in [9.17, 15) is 4.79 Å². The zero-order chi connectivity index (χ0) is 11.5. The number of furan rings is 1. The maximum Gasteiger partial charge on any atom is 0.339 e. The summed E-state index contributed by atoms with van der Waals surface area (Å²) in [6.45, 7) is 0. The van der Waals surface area contributed by atoms with Gasteiger partial charge < -0.3 is 14.9 Å². The predicted octanol–water partition coefficient (Wildman–Crippen LogP) is 2.32. The highest BCUT2D eigenvalue weighted by Crippen LogP contribution is 2.24. The first-order valence-corrected chi connectivity index (χ1v) is 4.73. The Labute approximate surface area is 92.6 Å². The standard InChI is InChI=1S/C12H11NO3/c1-15-12(14)10-6-8(2-3-11(10)13)9-4-5-16-7-9/h2-7H,13H2,1H3. The highest BCUT2D eigenvalue weighted by molar-refractivity contribution is 5.96. The SMILES string of the molecule is COC(=O)c1cc(-c2ccoc2)ccc1N. The van der Waals surface area contributed by atoms with Crippen LogP contribution in [0.1, 0.15) is 10.4 Å². The molecular formula is C12H11NO3. The van der Waals surface area contributed by atoms with Crippen molar-refractivity contribution in [3.8, 4) is 11.1 Å². The average molecular weight is 217 g/mol. The Morgan fingerprint density at radius 3 is 2.75 bits per heavy atom. The highest BCUT2D eigenvalue weighted by atomic mass is 16.5. The maximum absolute atomic E-state index is 11.4. The minimum atomic E-state index is -0.442. The van der Waals surface area contributed by atoms with Gasteiger partial charge in [0.2, 0.25) is 0 Å². The number of ether oxygens (including phenoxy) is 1. The summed E-state index contributed by atoms with van der Waals surface area (Å²) in [5, 5.41) is 0. The molecule has 0 amide bonds. The number of carbonyl (C=O) groups excluding carboxylic acids is 1. The Bertz CT molecular complexity index is 503. The number of carbonyl (C=O) groups is 1. The summed E-state index contributed by atoms with van der Waals surface area (Å²) in [7, 11) is 1.33. The molecule has 0 aliphatic rings. The fourth-order valence-corrected chi connectivity index (χ4v) is 1.45. The number of esters is 1. The van der Waals surface area contributed by atoms with E-state index < -0.39 is 5.97 Å². The van der Waals surface area contributed by atoms with Crippen molar-refractivity contribution in [1.29, 1.82) is 0 Å². The van der Waals surface area contributed by atoms with Gasteiger partial charge in [0.25, 0.3) is 0 Å². The fraction of sp³-hybridized carbons (Fsp3) is 0.0833. The summed E-state index contributed by atoms with van der Waals surface area (Å²) in [6.07, 6.45) is 3.18. The largest absolute Gasteiger partial charge is 0.472 e. The van der Waals surface area contributed by atoms with Crippen molar-refractivity contribution in [1.82, 2.24) is 0 Å². The van der Waals surface area contributed by atoms with Gasteiger partial charge in [-0.3, -0.25) is 0 Å². The predicted molar refractivity (Wildman–Crippen MR) is 59.9 cm³/mol. The summed E-state index contributed by atoms with van der Waals surface area (Å²) in [6, 6.07) is 7.00. The van der Waals surface area contributed by atoms with Gasteiger partial charge in [0, 0.05) is 11.3 Å². The third-order valence-corrected chi connectivity index (χ3v) is 2.31. The molecule has 0 bridgehead atoms. The Morgan fingerprint density at radius 1 is 1.31 bits per heavy atom. The van der Waals surface area contributed by atoms with E-state index in [1.165, 1.54) is 7.11 Å². The number of methoxy groups -OCH3 is 1. The van der Waals surface area contributed by atoms with Crippen LogP contribution in [0.4, 0.5) is 5.69 Å². The van der Waals surface area contributed by atoms with E-state index in [1.807, 2.05) is 12.1 Å². The fourth-order valence-electron chi connectivity index (χ4n) is 1.45. The van der Waals surface area contributed by atoms with Crippen molar-refractivity contribution in [2.24, 2.45) is 0 Å². The van der Waals surface area contributed by atoms with Crippen LogP contribution in [0.2, 0.25) is 0 Å². The molecule has 2 aromatic rings. The molecule has 2 N–H and O–H groups in total. The Balaban J connectivity index is 2.47. The lowest BCUT2D eigenvalue weighted by Crippen LogP contribution is -2.05. The van der Waals surface area contributed by atoms with Crippen molar-refractivity contribution >= 4 is 11.7 Å². The average Bonchev–Trinajstić information content (AvgIpc) is 2.82. The number of benzene rings is 1. The summed E-state index contributed by atoms with van der Waals surface area (Å²) >= 11 is 0. The van der Waals surface area contributed by atoms with Crippen LogP contribution >= 0.6 is 0 Å². The van der Waals surface area contributed by atoms with Gasteiger partial charge in [-0.15, -0.1) is 0 Å². The molecule has 4 heteroatoms. The van der Waals surface area contributed by atoms with E-state index >= 15 is 0 Å². The number of hydrogen-bond acceptors (Lipinski definition) is 4. The zero-order valence-electron chi connectivity index (χ0n) is 8.77. The second-order valence-corrected chi connectivity index (χ2v) is 3.31. The lowest BCUT2D eigenvalue weighted by Gasteiger charge is -2.05. The van der Waals surface area contributed by atoms with E-state index in [4.69, 9.17) is 10.2 Å². The van der Waals surface area contributed by atoms with Crippen molar-refractivity contribution in [3.63, 3.8) is 0 Å². The molecule has 0 radical (unpaired) electrons. The maximum atomic E-state index is 11.4. The lowest BCUT2D eigenvalue weighted by atomic mass is 10.0. The highest BCUT2D eigenvalue weighted by Gasteiger charge is 2.11. The molecule has 16 heavy (non-hydrogen) atoms. The van der Waals surface area contributed by atoms with Gasteiger partial charge in [-0.2, -0.15) is 0 Å². The normalized spacial score (nSPS) is 10.1. The van der Waals surface area contributed by atoms with Gasteiger partial charge in [-0.25, -0.2) is 4.79 Å². The van der Waals surface area contributed by atoms with E-state index in [0.29, 0.717) is 11.3 Å². The number of anilines is 1. The van der Waals surface area contributed by atoms with E-state index in [2.05, 4.69) is 4.74 Å². The summed E-state index contributed by atoms with van der Waals surface area (Å²) in [5.74, 6) is -0.442. The number of hydrogen-bond donors (Lipinski definition) is 1. The molecule has 0 spiro atoms. The first-order chi connectivity index (χ1) is 7.72. The first kappa shape index (κ1) is 10.3. The summed E-state index contributed by atoms with van der Waals surface area (Å²) < 4.78 is 9.63. The number of nitrogens with two attached hydrogens (primary N) is 1. The van der Waals surface area contributed by atoms with Gasteiger partial charge in [0.1, 0.15) is 0 Å². The van der Waals surface area contributed by atoms with Gasteiger partial charge >= 0.3 is 5.97 Å². The molecule has 2 rings (SSSR count). The van der Waals surface area contributed by atoms with Gasteiger partial charge in [0.15, 0.2) is 0 Å². The van der Waals surface area contributed by atoms with Gasteiger partial charge in [0.05, 0.1) is 25.2 Å². The van der Waals surface area contributed by atoms with Crippen LogP contribution in [0.5, 0.6) is 0 Å². The molecule has 0 saturated heterocycles. The molecule has 1 aromatic carbocycles. The van der Waals surface area contributed by atoms with Gasteiger partial charge in [-0.05, 0) is 23.8 Å². The number of nitrogen functional groups attached to an aromatic ring is 1. The number of rotatable bonds is 2. The van der Waals surface area contributed by atoms with Crippen LogP contribution in [-0.4, -0.2) is 13.1 Å². The van der Waals surface area contributed by atoms with Crippen molar-refractivity contribution in [2.45, 2.75) is 0 Å². The Morgan fingerprint density at radius 2 is 2.12 bits per heavy atom. The third-order valence-electron chi connectivity index (χ3n) is 2.31. The third kappa shape index (κ3) is 1.77. The molecule has 4 nitrogen and oxygen atoms in total. The molecule has 0 aliphatic heterocycles. The zero-order valence-corrected chi connectivity index (χ0v) is 8.77. The van der Waals surface area contributed by atoms with E-state index in [-0.39, 0.29) is 0 Å². The van der Waals surface area contributed by atoms with Crippen LogP contribution in [0.15, 0.2) is 41.2 Å². The van der Waals surface area contributed by atoms with Crippen molar-refractivity contribution < 1.29 is 13.9 Å². The molecule has 0 unspecified atom stereocenters. The molecule has 0 atom stereocenters. The second-order valence-electron chi connectivity index (χ2n) is 3.31. The smallest absolute Gasteiger partial charge is 0.339 e. The molecular weight excluding hydrogens is 206 g/mol. The van der Waals surface area contributed by atoms with E-state index in [0.717, 1.165) is 11.1 Å². The topological polar surface area (TPSA) is 65.5 Å². The van der Waals surface area contributed by atoms with E-state index in [1.54, 1.807) is 24.7 Å². The summed E-state index contributed by atoms with van der Waals surface area (Å²) in [5.41, 5.74) is 8.22. The molecule has 0 saturated carbocycles. The van der Waals surface area contributed by atoms with Crippen LogP contribution in [0.25, 0.3) is 11.1 Å². The lowest BCUT2D eigenvalue weighted by molar-refractivity contribution is 0.0602. The van der Waals surface area contributed by atoms with Crippen LogP contribution in [-0.2, 0) is 4.74 Å². The molecule has 0 fully saturated rings. The second kappa shape index (κ2) is 4.10. The van der Waals surface area contributed by atoms with Crippen LogP contribution < -0.4 is 5.73 Å². The van der Waals surface area contributed by atoms with Gasteiger partial charge in [-0.1, -0.05) is 6.07 Å². The minimum Gasteiger partial charge on any atom is -0.472 e. The molecule has 1 aromatic heterocycles. The summed E-state index contributed by atoms with van der Waals surface area (Å²) in [4.78, 5) is 11.4. The monoisotopic (exact) mass is 217 g/mol. The Kier molecular flexibility index (Phi) is 2.64. The minimum absolute atomic E-state index is 0.362. The van der Waals surface area contributed by atoms with Crippen molar-refractivity contribution in [2.75, 3.05) is 12.8 Å². The first-order valence-electron chi connectivity index (χ1n) is 4.73. The van der Waals surface area contributed by atoms with Crippen LogP contribution in [0, 0.1) is 0 Å². The molecule has 82 valence electrons. The molecule has 0 aliphatic carbocycles. The molecule has 1 heterocycles. The van der Waals surface area contributed by atoms with Crippen molar-refractivity contribution in [3.05, 3.63) is 42.4 Å².